The topological polar surface area (TPSA) is 113 Å². The van der Waals surface area contributed by atoms with Crippen LogP contribution in [-0.2, 0) is 14.4 Å². The van der Waals surface area contributed by atoms with Crippen LogP contribution >= 0.6 is 23.2 Å². The second-order valence-corrected chi connectivity index (χ2v) is 7.61. The van der Waals surface area contributed by atoms with Crippen LogP contribution in [-0.4, -0.2) is 35.5 Å². The average Bonchev–Trinajstić information content (AvgIpc) is 2.63. The normalized spacial score (nSPS) is 15.3. The van der Waals surface area contributed by atoms with Crippen molar-refractivity contribution in [1.82, 2.24) is 5.32 Å². The van der Waals surface area contributed by atoms with E-state index in [0.717, 1.165) is 16.0 Å². The van der Waals surface area contributed by atoms with Gasteiger partial charge in [-0.25, -0.2) is 14.5 Å². The Balaban J connectivity index is 1.99. The summed E-state index contributed by atoms with van der Waals surface area (Å²) in [4.78, 5) is 49.3. The number of imide groups is 2. The number of aryl methyl sites for hydroxylation is 2. The van der Waals surface area contributed by atoms with Crippen molar-refractivity contribution >= 4 is 58.8 Å². The molecule has 2 aromatic carbocycles. The summed E-state index contributed by atoms with van der Waals surface area (Å²) >= 11 is 12.2. The van der Waals surface area contributed by atoms with Crippen LogP contribution in [0.4, 0.5) is 10.5 Å². The lowest BCUT2D eigenvalue weighted by atomic mass is 10.1. The van der Waals surface area contributed by atoms with E-state index in [1.165, 1.54) is 18.2 Å². The second-order valence-electron chi connectivity index (χ2n) is 6.80. The minimum absolute atomic E-state index is 0.00786. The lowest BCUT2D eigenvalue weighted by Crippen LogP contribution is -2.54. The fraction of sp³-hybridized carbons (Fsp3) is 0.143. The molecule has 4 amide bonds. The van der Waals surface area contributed by atoms with Gasteiger partial charge in [0.25, 0.3) is 11.8 Å². The number of ether oxygens (including phenoxy) is 1. The number of carboxylic acids is 1. The highest BCUT2D eigenvalue weighted by molar-refractivity contribution is 6.40. The third-order valence-electron chi connectivity index (χ3n) is 4.24. The third kappa shape index (κ3) is 4.87. The number of carbonyl (C=O) groups is 4. The highest BCUT2D eigenvalue weighted by Crippen LogP contribution is 2.35. The second kappa shape index (κ2) is 8.79. The first-order chi connectivity index (χ1) is 14.6. The van der Waals surface area contributed by atoms with Crippen molar-refractivity contribution in [2.45, 2.75) is 13.8 Å². The molecule has 3 rings (SSSR count). The minimum atomic E-state index is -1.21. The van der Waals surface area contributed by atoms with E-state index in [9.17, 15) is 19.2 Å². The van der Waals surface area contributed by atoms with Gasteiger partial charge < -0.3 is 9.84 Å². The number of rotatable bonds is 5. The van der Waals surface area contributed by atoms with E-state index >= 15 is 0 Å². The van der Waals surface area contributed by atoms with Gasteiger partial charge in [0.05, 0.1) is 15.7 Å². The van der Waals surface area contributed by atoms with Gasteiger partial charge in [-0.05, 0) is 60.9 Å². The number of carboxylic acid groups (broad SMARTS) is 1. The molecule has 160 valence electrons. The number of hydrogen-bond donors (Lipinski definition) is 2. The van der Waals surface area contributed by atoms with Crippen LogP contribution in [0.2, 0.25) is 10.0 Å². The van der Waals surface area contributed by atoms with Crippen LogP contribution in [0.3, 0.4) is 0 Å². The van der Waals surface area contributed by atoms with E-state index in [2.05, 4.69) is 5.32 Å². The maximum absolute atomic E-state index is 13.0. The zero-order valence-corrected chi connectivity index (χ0v) is 17.9. The molecule has 0 radical (unpaired) electrons. The van der Waals surface area contributed by atoms with Gasteiger partial charge in [0.15, 0.2) is 12.4 Å². The predicted octanol–water partition coefficient (Wildman–Crippen LogP) is 3.74. The maximum Gasteiger partial charge on any atom is 0.341 e. The number of carbonyl (C=O) groups excluding carboxylic acids is 3. The Bertz CT molecular complexity index is 1120. The standard InChI is InChI=1S/C21H16Cl2N2O6/c1-10-3-11(2)5-13(4-10)25-20(29)14(19(28)24-21(25)30)6-12-7-15(22)18(16(23)8-12)31-9-17(26)27/h3-8H,9H2,1-2H3,(H,26,27)(H,24,28,30)/b14-6+. The number of nitrogens with zero attached hydrogens (tertiary/aromatic N) is 1. The molecule has 2 N–H and O–H groups in total. The monoisotopic (exact) mass is 462 g/mol. The smallest absolute Gasteiger partial charge is 0.341 e. The highest BCUT2D eigenvalue weighted by atomic mass is 35.5. The Morgan fingerprint density at radius 3 is 2.19 bits per heavy atom. The van der Waals surface area contributed by atoms with Gasteiger partial charge in [0.2, 0.25) is 0 Å². The summed E-state index contributed by atoms with van der Waals surface area (Å²) in [7, 11) is 0. The zero-order valence-electron chi connectivity index (χ0n) is 16.4. The van der Waals surface area contributed by atoms with Crippen molar-refractivity contribution in [2.24, 2.45) is 0 Å². The number of hydrogen-bond acceptors (Lipinski definition) is 5. The Morgan fingerprint density at radius 1 is 1.06 bits per heavy atom. The molecule has 10 heteroatoms. The first-order valence-corrected chi connectivity index (χ1v) is 9.66. The molecule has 0 saturated carbocycles. The Labute approximate surface area is 187 Å². The molecule has 1 aliphatic rings. The van der Waals surface area contributed by atoms with E-state index in [1.807, 2.05) is 19.9 Å². The molecular weight excluding hydrogens is 447 g/mol. The van der Waals surface area contributed by atoms with Crippen molar-refractivity contribution in [2.75, 3.05) is 11.5 Å². The summed E-state index contributed by atoms with van der Waals surface area (Å²) < 4.78 is 5.04. The van der Waals surface area contributed by atoms with E-state index < -0.39 is 30.4 Å². The molecule has 0 atom stereocenters. The molecule has 0 bridgehead atoms. The summed E-state index contributed by atoms with van der Waals surface area (Å²) in [5.41, 5.74) is 1.99. The molecule has 0 spiro atoms. The fourth-order valence-corrected chi connectivity index (χ4v) is 3.69. The number of nitrogens with one attached hydrogen (secondary N) is 1. The molecule has 1 fully saturated rings. The zero-order chi connectivity index (χ0) is 22.9. The largest absolute Gasteiger partial charge is 0.479 e. The first-order valence-electron chi connectivity index (χ1n) is 8.90. The average molecular weight is 463 g/mol. The summed E-state index contributed by atoms with van der Waals surface area (Å²) in [6.07, 6.45) is 1.23. The quantitative estimate of drug-likeness (QED) is 0.516. The lowest BCUT2D eigenvalue weighted by molar-refractivity contribution is -0.139. The van der Waals surface area contributed by atoms with E-state index in [4.69, 9.17) is 33.0 Å². The molecular formula is C21H16Cl2N2O6. The fourth-order valence-electron chi connectivity index (χ4n) is 3.07. The van der Waals surface area contributed by atoms with Crippen molar-refractivity contribution in [3.05, 3.63) is 62.6 Å². The van der Waals surface area contributed by atoms with Gasteiger partial charge in [0.1, 0.15) is 5.57 Å². The lowest BCUT2D eigenvalue weighted by Gasteiger charge is -2.27. The van der Waals surface area contributed by atoms with E-state index in [0.29, 0.717) is 5.69 Å². The van der Waals surface area contributed by atoms with Gasteiger partial charge in [-0.2, -0.15) is 0 Å². The number of anilines is 1. The van der Waals surface area contributed by atoms with Crippen LogP contribution in [0.5, 0.6) is 5.75 Å². The van der Waals surface area contributed by atoms with Crippen molar-refractivity contribution in [3.8, 4) is 5.75 Å². The SMILES string of the molecule is Cc1cc(C)cc(N2C(=O)NC(=O)/C(=C\c3cc(Cl)c(OCC(=O)O)c(Cl)c3)C2=O)c1. The predicted molar refractivity (Wildman–Crippen MR) is 115 cm³/mol. The van der Waals surface area contributed by atoms with Gasteiger partial charge in [-0.1, -0.05) is 29.3 Å². The van der Waals surface area contributed by atoms with Crippen molar-refractivity contribution in [3.63, 3.8) is 0 Å². The molecule has 0 unspecified atom stereocenters. The van der Waals surface area contributed by atoms with Crippen LogP contribution in [0, 0.1) is 13.8 Å². The molecule has 1 saturated heterocycles. The van der Waals surface area contributed by atoms with Gasteiger partial charge in [-0.3, -0.25) is 14.9 Å². The highest BCUT2D eigenvalue weighted by Gasteiger charge is 2.37. The van der Waals surface area contributed by atoms with Crippen LogP contribution < -0.4 is 15.0 Å². The number of barbiturate groups is 1. The summed E-state index contributed by atoms with van der Waals surface area (Å²) in [5, 5.41) is 10.9. The molecule has 1 heterocycles. The van der Waals surface area contributed by atoms with Crippen molar-refractivity contribution in [1.29, 1.82) is 0 Å². The third-order valence-corrected chi connectivity index (χ3v) is 4.80. The minimum Gasteiger partial charge on any atom is -0.479 e. The summed E-state index contributed by atoms with van der Waals surface area (Å²) in [6.45, 7) is 3.00. The maximum atomic E-state index is 13.0. The van der Waals surface area contributed by atoms with E-state index in [1.54, 1.807) is 12.1 Å². The van der Waals surface area contributed by atoms with E-state index in [-0.39, 0.29) is 26.9 Å². The number of halogens is 2. The van der Waals surface area contributed by atoms with Gasteiger partial charge >= 0.3 is 12.0 Å². The number of urea groups is 1. The molecule has 2 aromatic rings. The van der Waals surface area contributed by atoms with Gasteiger partial charge in [0, 0.05) is 0 Å². The Hall–Kier alpha value is -3.36. The molecule has 8 nitrogen and oxygen atoms in total. The number of amides is 4. The molecule has 1 aliphatic heterocycles. The summed E-state index contributed by atoms with van der Waals surface area (Å²) in [6, 6.07) is 7.05. The van der Waals surface area contributed by atoms with Crippen LogP contribution in [0.1, 0.15) is 16.7 Å². The Kier molecular flexibility index (Phi) is 6.33. The number of benzene rings is 2. The molecule has 0 aliphatic carbocycles. The van der Waals surface area contributed by atoms with Crippen molar-refractivity contribution < 1.29 is 29.0 Å². The van der Waals surface area contributed by atoms with Crippen LogP contribution in [0.25, 0.3) is 6.08 Å². The number of aliphatic carboxylic acids is 1. The Morgan fingerprint density at radius 2 is 1.65 bits per heavy atom. The van der Waals surface area contributed by atoms with Gasteiger partial charge in [-0.15, -0.1) is 0 Å². The molecule has 31 heavy (non-hydrogen) atoms. The van der Waals surface area contributed by atoms with Crippen LogP contribution in [0.15, 0.2) is 35.9 Å². The first kappa shape index (κ1) is 22.3. The molecule has 0 aromatic heterocycles. The summed E-state index contributed by atoms with van der Waals surface area (Å²) in [5.74, 6) is -2.93.